The van der Waals surface area contributed by atoms with Crippen LogP contribution in [0.5, 0.6) is 0 Å². The van der Waals surface area contributed by atoms with Crippen LogP contribution in [0.4, 0.5) is 11.5 Å². The summed E-state index contributed by atoms with van der Waals surface area (Å²) in [5.74, 6) is -0.949. The van der Waals surface area contributed by atoms with E-state index in [2.05, 4.69) is 5.32 Å². The highest BCUT2D eigenvalue weighted by molar-refractivity contribution is 6.01. The van der Waals surface area contributed by atoms with Gasteiger partial charge < -0.3 is 11.1 Å². The molecule has 0 fully saturated rings. The van der Waals surface area contributed by atoms with Gasteiger partial charge in [-0.1, -0.05) is 32.0 Å². The third-order valence-electron chi connectivity index (χ3n) is 4.81. The Bertz CT molecular complexity index is 1050. The summed E-state index contributed by atoms with van der Waals surface area (Å²) in [6.45, 7) is 3.93. The standard InChI is InChI=1S/C21H29N5O4/c1-5-11-26-19(22)18(20(29)25(4)21(26)30)16(27)12-24(3)13-17(28)23-15-10-8-7-9-14(15)6-2/h7-10H,5-6,11-13,22H2,1-4H3,(H,23,28). The van der Waals surface area contributed by atoms with E-state index in [4.69, 9.17) is 5.73 Å². The molecule has 2 aromatic rings. The predicted molar refractivity (Wildman–Crippen MR) is 117 cm³/mol. The van der Waals surface area contributed by atoms with Gasteiger partial charge in [-0.15, -0.1) is 0 Å². The second kappa shape index (κ2) is 10.0. The minimum atomic E-state index is -0.732. The van der Waals surface area contributed by atoms with E-state index in [0.717, 1.165) is 22.2 Å². The predicted octanol–water partition coefficient (Wildman–Crippen LogP) is 0.855. The van der Waals surface area contributed by atoms with Crippen molar-refractivity contribution in [2.24, 2.45) is 7.05 Å². The Kier molecular flexibility index (Phi) is 7.71. The molecule has 9 heteroatoms. The number of likely N-dealkylation sites (N-methyl/N-ethyl adjacent to an activating group) is 1. The zero-order valence-corrected chi connectivity index (χ0v) is 17.9. The number of nitrogens with one attached hydrogen (secondary N) is 1. The molecule has 1 aromatic carbocycles. The largest absolute Gasteiger partial charge is 0.384 e. The first-order valence-corrected chi connectivity index (χ1v) is 9.89. The van der Waals surface area contributed by atoms with Gasteiger partial charge in [-0.3, -0.25) is 28.4 Å². The first-order chi connectivity index (χ1) is 14.2. The lowest BCUT2D eigenvalue weighted by Gasteiger charge is -2.18. The second-order valence-electron chi connectivity index (χ2n) is 7.21. The summed E-state index contributed by atoms with van der Waals surface area (Å²) in [7, 11) is 2.92. The highest BCUT2D eigenvalue weighted by Gasteiger charge is 2.22. The highest BCUT2D eigenvalue weighted by atomic mass is 16.2. The lowest BCUT2D eigenvalue weighted by molar-refractivity contribution is -0.116. The number of rotatable bonds is 9. The molecule has 0 unspecified atom stereocenters. The Labute approximate surface area is 175 Å². The Morgan fingerprint density at radius 1 is 1.13 bits per heavy atom. The van der Waals surface area contributed by atoms with Crippen LogP contribution >= 0.6 is 0 Å². The number of nitrogen functional groups attached to an aromatic ring is 1. The number of Topliss-reactive ketones (excluding diaryl/α,β-unsaturated/α-hetero) is 1. The average Bonchev–Trinajstić information content (AvgIpc) is 2.69. The van der Waals surface area contributed by atoms with Crippen molar-refractivity contribution in [3.05, 3.63) is 56.2 Å². The van der Waals surface area contributed by atoms with Gasteiger partial charge in [0.25, 0.3) is 5.56 Å². The van der Waals surface area contributed by atoms with Crippen molar-refractivity contribution >= 4 is 23.2 Å². The average molecular weight is 415 g/mol. The topological polar surface area (TPSA) is 119 Å². The first kappa shape index (κ1) is 23.1. The molecule has 3 N–H and O–H groups in total. The maximum atomic E-state index is 12.8. The van der Waals surface area contributed by atoms with Gasteiger partial charge >= 0.3 is 5.69 Å². The Morgan fingerprint density at radius 3 is 2.43 bits per heavy atom. The molecule has 0 atom stereocenters. The van der Waals surface area contributed by atoms with Gasteiger partial charge in [0.2, 0.25) is 5.91 Å². The van der Waals surface area contributed by atoms with Crippen LogP contribution in [0.25, 0.3) is 0 Å². The summed E-state index contributed by atoms with van der Waals surface area (Å²) in [6, 6.07) is 7.50. The van der Waals surface area contributed by atoms with Crippen molar-refractivity contribution in [1.29, 1.82) is 0 Å². The minimum absolute atomic E-state index is 0.0430. The molecular formula is C21H29N5O4. The number of carbonyl (C=O) groups is 2. The van der Waals surface area contributed by atoms with Crippen molar-refractivity contribution in [3.63, 3.8) is 0 Å². The SMILES string of the molecule is CCCn1c(N)c(C(=O)CN(C)CC(=O)Nc2ccccc2CC)c(=O)n(C)c1=O. The molecule has 1 aromatic heterocycles. The fraction of sp³-hybridized carbons (Fsp3) is 0.429. The molecule has 30 heavy (non-hydrogen) atoms. The van der Waals surface area contributed by atoms with Crippen LogP contribution in [-0.2, 0) is 24.8 Å². The fourth-order valence-electron chi connectivity index (χ4n) is 3.25. The molecule has 0 aliphatic carbocycles. The van der Waals surface area contributed by atoms with Crippen LogP contribution in [-0.4, -0.2) is 45.9 Å². The number of anilines is 2. The van der Waals surface area contributed by atoms with Crippen molar-refractivity contribution in [2.45, 2.75) is 33.2 Å². The second-order valence-corrected chi connectivity index (χ2v) is 7.21. The third kappa shape index (κ3) is 5.04. The Balaban J connectivity index is 2.15. The number of amides is 1. The van der Waals surface area contributed by atoms with E-state index >= 15 is 0 Å². The first-order valence-electron chi connectivity index (χ1n) is 9.89. The van der Waals surface area contributed by atoms with Crippen LogP contribution in [0.3, 0.4) is 0 Å². The van der Waals surface area contributed by atoms with Crippen molar-refractivity contribution < 1.29 is 9.59 Å². The van der Waals surface area contributed by atoms with Crippen molar-refractivity contribution in [2.75, 3.05) is 31.2 Å². The van der Waals surface area contributed by atoms with E-state index < -0.39 is 17.0 Å². The molecule has 0 radical (unpaired) electrons. The molecule has 0 aliphatic rings. The number of para-hydroxylation sites is 1. The normalized spacial score (nSPS) is 11.0. The number of ketones is 1. The molecule has 1 amide bonds. The number of carbonyl (C=O) groups excluding carboxylic acids is 2. The number of hydrogen-bond acceptors (Lipinski definition) is 6. The Hall–Kier alpha value is -3.20. The van der Waals surface area contributed by atoms with Gasteiger partial charge in [-0.25, -0.2) is 4.79 Å². The van der Waals surface area contributed by atoms with Gasteiger partial charge in [0, 0.05) is 19.3 Å². The maximum absolute atomic E-state index is 12.8. The van der Waals surface area contributed by atoms with E-state index in [-0.39, 0.29) is 30.4 Å². The van der Waals surface area contributed by atoms with Crippen LogP contribution in [0, 0.1) is 0 Å². The summed E-state index contributed by atoms with van der Waals surface area (Å²) < 4.78 is 2.11. The molecule has 0 saturated carbocycles. The number of aryl methyl sites for hydroxylation is 1. The molecular weight excluding hydrogens is 386 g/mol. The summed E-state index contributed by atoms with van der Waals surface area (Å²) >= 11 is 0. The Morgan fingerprint density at radius 2 is 1.80 bits per heavy atom. The number of hydrogen-bond donors (Lipinski definition) is 2. The molecule has 0 spiro atoms. The molecule has 2 rings (SSSR count). The molecule has 162 valence electrons. The van der Waals surface area contributed by atoms with E-state index in [1.807, 2.05) is 38.1 Å². The fourth-order valence-corrected chi connectivity index (χ4v) is 3.25. The molecule has 0 bridgehead atoms. The number of nitrogens with zero attached hydrogens (tertiary/aromatic N) is 3. The highest BCUT2D eigenvalue weighted by Crippen LogP contribution is 2.15. The summed E-state index contributed by atoms with van der Waals surface area (Å²) in [6.07, 6.45) is 1.40. The zero-order chi connectivity index (χ0) is 22.4. The monoisotopic (exact) mass is 415 g/mol. The van der Waals surface area contributed by atoms with Gasteiger partial charge in [-0.2, -0.15) is 0 Å². The van der Waals surface area contributed by atoms with Crippen LogP contribution in [0.1, 0.15) is 36.2 Å². The lowest BCUT2D eigenvalue weighted by atomic mass is 10.1. The molecule has 0 aliphatic heterocycles. The maximum Gasteiger partial charge on any atom is 0.332 e. The van der Waals surface area contributed by atoms with Gasteiger partial charge in [0.15, 0.2) is 5.78 Å². The number of nitrogens with two attached hydrogens (primary N) is 1. The van der Waals surface area contributed by atoms with Crippen molar-refractivity contribution in [3.8, 4) is 0 Å². The smallest absolute Gasteiger partial charge is 0.332 e. The van der Waals surface area contributed by atoms with E-state index in [9.17, 15) is 19.2 Å². The van der Waals surface area contributed by atoms with E-state index in [0.29, 0.717) is 13.0 Å². The quantitative estimate of drug-likeness (QED) is 0.586. The van der Waals surface area contributed by atoms with Crippen LogP contribution < -0.4 is 22.3 Å². The summed E-state index contributed by atoms with van der Waals surface area (Å²) in [5, 5.41) is 2.84. The van der Waals surface area contributed by atoms with E-state index in [1.165, 1.54) is 16.5 Å². The number of aromatic nitrogens is 2. The molecule has 0 saturated heterocycles. The lowest BCUT2D eigenvalue weighted by Crippen LogP contribution is -2.44. The zero-order valence-electron chi connectivity index (χ0n) is 17.9. The summed E-state index contributed by atoms with van der Waals surface area (Å²) in [5.41, 5.74) is 6.21. The summed E-state index contributed by atoms with van der Waals surface area (Å²) in [4.78, 5) is 51.4. The van der Waals surface area contributed by atoms with E-state index in [1.54, 1.807) is 7.05 Å². The number of benzene rings is 1. The third-order valence-corrected chi connectivity index (χ3v) is 4.81. The van der Waals surface area contributed by atoms with Crippen LogP contribution in [0.2, 0.25) is 0 Å². The van der Waals surface area contributed by atoms with Gasteiger partial charge in [0.1, 0.15) is 11.4 Å². The van der Waals surface area contributed by atoms with Gasteiger partial charge in [0.05, 0.1) is 13.1 Å². The molecule has 9 nitrogen and oxygen atoms in total. The van der Waals surface area contributed by atoms with Crippen molar-refractivity contribution in [1.82, 2.24) is 14.0 Å². The molecule has 1 heterocycles. The van der Waals surface area contributed by atoms with Crippen LogP contribution in [0.15, 0.2) is 33.9 Å². The van der Waals surface area contributed by atoms with Gasteiger partial charge in [-0.05, 0) is 31.5 Å². The minimum Gasteiger partial charge on any atom is -0.384 e.